The predicted molar refractivity (Wildman–Crippen MR) is 94.0 cm³/mol. The van der Waals surface area contributed by atoms with E-state index >= 15 is 0 Å². The molecule has 0 aromatic carbocycles. The fraction of sp³-hybridized carbons (Fsp3) is 0.947. The molecule has 0 unspecified atom stereocenters. The Morgan fingerprint density at radius 3 is 2.42 bits per heavy atom. The summed E-state index contributed by atoms with van der Waals surface area (Å²) in [7, 11) is 0. The van der Waals surface area contributed by atoms with Crippen molar-refractivity contribution in [3.8, 4) is 0 Å². The van der Waals surface area contributed by atoms with Crippen molar-refractivity contribution in [3.63, 3.8) is 0 Å². The van der Waals surface area contributed by atoms with E-state index in [9.17, 15) is 4.79 Å². The average Bonchev–Trinajstić information content (AvgIpc) is 2.46. The lowest BCUT2D eigenvalue weighted by atomic mass is 9.64. The third-order valence-corrected chi connectivity index (χ3v) is 5.71. The lowest BCUT2D eigenvalue weighted by molar-refractivity contribution is -0.118. The number of carbonyl (C=O) groups is 1. The second-order valence-electron chi connectivity index (χ2n) is 9.18. The van der Waals surface area contributed by atoms with Crippen LogP contribution in [0.15, 0.2) is 0 Å². The van der Waals surface area contributed by atoms with Crippen molar-refractivity contribution in [2.24, 2.45) is 11.3 Å². The van der Waals surface area contributed by atoms with Gasteiger partial charge >= 0.3 is 6.09 Å². The zero-order chi connectivity index (χ0) is 17.4. The third kappa shape index (κ3) is 4.23. The van der Waals surface area contributed by atoms with Gasteiger partial charge in [-0.15, -0.1) is 0 Å². The maximum Gasteiger partial charge on any atom is 0.410 e. The zero-order valence-electron chi connectivity index (χ0n) is 15.8. The summed E-state index contributed by atoms with van der Waals surface area (Å²) < 4.78 is 11.9. The Labute approximate surface area is 146 Å². The molecule has 1 N–H and O–H groups in total. The highest BCUT2D eigenvalue weighted by Gasteiger charge is 2.50. The molecule has 1 spiro atoms. The first kappa shape index (κ1) is 18.0. The quantitative estimate of drug-likeness (QED) is 0.840. The van der Waals surface area contributed by atoms with Crippen LogP contribution in [0, 0.1) is 11.3 Å². The highest BCUT2D eigenvalue weighted by atomic mass is 16.6. The van der Waals surface area contributed by atoms with Crippen molar-refractivity contribution in [1.82, 2.24) is 10.2 Å². The van der Waals surface area contributed by atoms with Gasteiger partial charge in [-0.25, -0.2) is 4.79 Å². The molecule has 2 heterocycles. The normalized spacial score (nSPS) is 30.9. The van der Waals surface area contributed by atoms with Crippen molar-refractivity contribution >= 4 is 6.09 Å². The lowest BCUT2D eigenvalue weighted by Crippen LogP contribution is -2.61. The third-order valence-electron chi connectivity index (χ3n) is 5.71. The van der Waals surface area contributed by atoms with Gasteiger partial charge in [0.2, 0.25) is 0 Å². The minimum absolute atomic E-state index is 0.158. The van der Waals surface area contributed by atoms with E-state index < -0.39 is 5.60 Å². The van der Waals surface area contributed by atoms with Crippen molar-refractivity contribution in [2.45, 2.75) is 77.6 Å². The van der Waals surface area contributed by atoms with Gasteiger partial charge in [0, 0.05) is 18.5 Å². The first-order valence-corrected chi connectivity index (χ1v) is 9.60. The van der Waals surface area contributed by atoms with Gasteiger partial charge in [0.05, 0.1) is 12.2 Å². The Morgan fingerprint density at radius 2 is 1.83 bits per heavy atom. The highest BCUT2D eigenvalue weighted by molar-refractivity contribution is 5.69. The molecule has 0 bridgehead atoms. The van der Waals surface area contributed by atoms with Crippen LogP contribution in [0.5, 0.6) is 0 Å². The summed E-state index contributed by atoms with van der Waals surface area (Å²) in [6.07, 6.45) is 6.43. The van der Waals surface area contributed by atoms with E-state index in [1.807, 2.05) is 25.7 Å². The monoisotopic (exact) mass is 338 g/mol. The van der Waals surface area contributed by atoms with Crippen LogP contribution in [0.2, 0.25) is 0 Å². The molecule has 2 atom stereocenters. The van der Waals surface area contributed by atoms with Crippen molar-refractivity contribution in [2.75, 3.05) is 26.2 Å². The molecule has 2 aliphatic heterocycles. The van der Waals surface area contributed by atoms with E-state index in [0.29, 0.717) is 23.5 Å². The number of hydrogen-bond acceptors (Lipinski definition) is 4. The molecule has 24 heavy (non-hydrogen) atoms. The SMILES string of the molecule is C[C@@H]1CC2(CC[C@@H]1OC1CCNCC1)CN(C(=O)OC(C)(C)C)C2. The first-order valence-electron chi connectivity index (χ1n) is 9.60. The number of carbonyl (C=O) groups excluding carboxylic acids is 1. The van der Waals surface area contributed by atoms with Gasteiger partial charge in [0.1, 0.15) is 5.60 Å². The molecule has 2 saturated heterocycles. The first-order chi connectivity index (χ1) is 11.3. The number of amides is 1. The van der Waals surface area contributed by atoms with E-state index in [0.717, 1.165) is 45.4 Å². The van der Waals surface area contributed by atoms with Crippen LogP contribution in [-0.4, -0.2) is 55.0 Å². The molecule has 1 saturated carbocycles. The van der Waals surface area contributed by atoms with Crippen LogP contribution in [0.4, 0.5) is 4.79 Å². The number of likely N-dealkylation sites (tertiary alicyclic amines) is 1. The molecule has 5 nitrogen and oxygen atoms in total. The van der Waals surface area contributed by atoms with E-state index in [-0.39, 0.29) is 6.09 Å². The van der Waals surface area contributed by atoms with Crippen LogP contribution in [0.1, 0.15) is 59.8 Å². The van der Waals surface area contributed by atoms with E-state index in [4.69, 9.17) is 9.47 Å². The summed E-state index contributed by atoms with van der Waals surface area (Å²) in [5, 5.41) is 3.40. The zero-order valence-corrected chi connectivity index (χ0v) is 15.8. The molecule has 138 valence electrons. The van der Waals surface area contributed by atoms with Gasteiger partial charge in [-0.1, -0.05) is 6.92 Å². The summed E-state index contributed by atoms with van der Waals surface area (Å²) in [6, 6.07) is 0. The molecule has 0 aromatic rings. The number of nitrogens with zero attached hydrogens (tertiary/aromatic N) is 1. The van der Waals surface area contributed by atoms with Crippen molar-refractivity contribution in [1.29, 1.82) is 0 Å². The standard InChI is InChI=1S/C19H34N2O3/c1-14-11-19(12-21(13-19)17(22)24-18(2,3)4)8-5-16(14)23-15-6-9-20-10-7-15/h14-16,20H,5-13H2,1-4H3/t14-,16+/m1/s1. The molecule has 1 amide bonds. The molecular formula is C19H34N2O3. The van der Waals surface area contributed by atoms with Gasteiger partial charge in [0.25, 0.3) is 0 Å². The number of hydrogen-bond donors (Lipinski definition) is 1. The Morgan fingerprint density at radius 1 is 1.17 bits per heavy atom. The molecular weight excluding hydrogens is 304 g/mol. The predicted octanol–water partition coefficient (Wildman–Crippen LogP) is 3.18. The van der Waals surface area contributed by atoms with Gasteiger partial charge < -0.3 is 19.7 Å². The Hall–Kier alpha value is -0.810. The summed E-state index contributed by atoms with van der Waals surface area (Å²) >= 11 is 0. The molecule has 0 radical (unpaired) electrons. The fourth-order valence-electron chi connectivity index (χ4n) is 4.54. The van der Waals surface area contributed by atoms with Crippen LogP contribution >= 0.6 is 0 Å². The largest absolute Gasteiger partial charge is 0.444 e. The molecule has 3 rings (SSSR count). The fourth-order valence-corrected chi connectivity index (χ4v) is 4.54. The molecule has 3 aliphatic rings. The summed E-state index contributed by atoms with van der Waals surface area (Å²) in [4.78, 5) is 14.0. The number of ether oxygens (including phenoxy) is 2. The number of rotatable bonds is 2. The summed E-state index contributed by atoms with van der Waals surface area (Å²) in [5.41, 5.74) is -0.0994. The topological polar surface area (TPSA) is 50.8 Å². The minimum atomic E-state index is -0.409. The number of piperidine rings is 1. The Bertz CT molecular complexity index is 448. The lowest BCUT2D eigenvalue weighted by Gasteiger charge is -2.55. The second kappa shape index (κ2) is 6.83. The van der Waals surface area contributed by atoms with Crippen molar-refractivity contribution in [3.05, 3.63) is 0 Å². The van der Waals surface area contributed by atoms with Crippen LogP contribution < -0.4 is 5.32 Å². The van der Waals surface area contributed by atoms with E-state index in [2.05, 4.69) is 12.2 Å². The highest BCUT2D eigenvalue weighted by Crippen LogP contribution is 2.47. The molecule has 0 aromatic heterocycles. The van der Waals surface area contributed by atoms with Gasteiger partial charge in [-0.2, -0.15) is 0 Å². The van der Waals surface area contributed by atoms with Gasteiger partial charge in [0.15, 0.2) is 0 Å². The second-order valence-corrected chi connectivity index (χ2v) is 9.18. The van der Waals surface area contributed by atoms with Crippen LogP contribution in [0.3, 0.4) is 0 Å². The van der Waals surface area contributed by atoms with E-state index in [1.165, 1.54) is 12.8 Å². The number of nitrogens with one attached hydrogen (secondary N) is 1. The Balaban J connectivity index is 1.45. The van der Waals surface area contributed by atoms with E-state index in [1.54, 1.807) is 0 Å². The van der Waals surface area contributed by atoms with Gasteiger partial charge in [-0.05, 0) is 71.9 Å². The maximum atomic E-state index is 12.1. The molecule has 3 fully saturated rings. The molecule has 1 aliphatic carbocycles. The van der Waals surface area contributed by atoms with Crippen molar-refractivity contribution < 1.29 is 14.3 Å². The van der Waals surface area contributed by atoms with Crippen LogP contribution in [0.25, 0.3) is 0 Å². The molecule has 5 heteroatoms. The maximum absolute atomic E-state index is 12.1. The smallest absolute Gasteiger partial charge is 0.410 e. The average molecular weight is 338 g/mol. The van der Waals surface area contributed by atoms with Gasteiger partial charge in [-0.3, -0.25) is 0 Å². The summed E-state index contributed by atoms with van der Waals surface area (Å²) in [6.45, 7) is 12.0. The van der Waals surface area contributed by atoms with Crippen LogP contribution in [-0.2, 0) is 9.47 Å². The minimum Gasteiger partial charge on any atom is -0.444 e. The Kier molecular flexibility index (Phi) is 5.12. The summed E-state index contributed by atoms with van der Waals surface area (Å²) in [5.74, 6) is 0.578.